The number of aryl methyl sites for hydroxylation is 1. The molecule has 0 radical (unpaired) electrons. The van der Waals surface area contributed by atoms with Crippen molar-refractivity contribution in [2.24, 2.45) is 0 Å². The normalized spacial score (nSPS) is 13.5. The largest absolute Gasteiger partial charge is 0.493 e. The van der Waals surface area contributed by atoms with Crippen molar-refractivity contribution in [3.8, 4) is 5.75 Å². The number of hydrogen-bond donors (Lipinski definition) is 1. The van der Waals surface area contributed by atoms with Crippen molar-refractivity contribution in [3.63, 3.8) is 0 Å². The lowest BCUT2D eigenvalue weighted by Gasteiger charge is -2.35. The standard InChI is InChI=1S/C18H31NO2/c1-7-19(18(4,5)6)12-11-16(20)15-13-14(3)9-10-17(15)21-8-2/h9-10,13,16,20H,7-8,11-12H2,1-6H3. The molecule has 0 amide bonds. The van der Waals surface area contributed by atoms with Gasteiger partial charge in [0.1, 0.15) is 5.75 Å². The highest BCUT2D eigenvalue weighted by Crippen LogP contribution is 2.29. The van der Waals surface area contributed by atoms with E-state index in [9.17, 15) is 5.11 Å². The maximum atomic E-state index is 10.6. The van der Waals surface area contributed by atoms with Gasteiger partial charge in [-0.15, -0.1) is 0 Å². The third kappa shape index (κ3) is 5.33. The number of rotatable bonds is 7. The van der Waals surface area contributed by atoms with Gasteiger partial charge < -0.3 is 9.84 Å². The van der Waals surface area contributed by atoms with E-state index in [1.807, 2.05) is 32.0 Å². The summed E-state index contributed by atoms with van der Waals surface area (Å²) in [6.07, 6.45) is 0.233. The first-order chi connectivity index (χ1) is 9.79. The van der Waals surface area contributed by atoms with E-state index in [0.717, 1.165) is 30.0 Å². The van der Waals surface area contributed by atoms with E-state index in [-0.39, 0.29) is 5.54 Å². The summed E-state index contributed by atoms with van der Waals surface area (Å²) in [7, 11) is 0. The zero-order valence-electron chi connectivity index (χ0n) is 14.4. The maximum Gasteiger partial charge on any atom is 0.125 e. The van der Waals surface area contributed by atoms with Crippen LogP contribution in [-0.2, 0) is 0 Å². The summed E-state index contributed by atoms with van der Waals surface area (Å²) in [6.45, 7) is 15.3. The fourth-order valence-electron chi connectivity index (χ4n) is 2.62. The Kier molecular flexibility index (Phi) is 6.69. The molecule has 1 atom stereocenters. The van der Waals surface area contributed by atoms with Crippen molar-refractivity contribution in [1.82, 2.24) is 4.90 Å². The molecule has 3 nitrogen and oxygen atoms in total. The van der Waals surface area contributed by atoms with E-state index >= 15 is 0 Å². The molecule has 0 saturated carbocycles. The molecule has 0 spiro atoms. The van der Waals surface area contributed by atoms with Crippen LogP contribution in [0.3, 0.4) is 0 Å². The predicted octanol–water partition coefficient (Wildman–Crippen LogP) is 3.94. The van der Waals surface area contributed by atoms with Gasteiger partial charge in [-0.2, -0.15) is 0 Å². The van der Waals surface area contributed by atoms with E-state index in [1.165, 1.54) is 0 Å². The molecule has 21 heavy (non-hydrogen) atoms. The molecular formula is C18H31NO2. The highest BCUT2D eigenvalue weighted by molar-refractivity contribution is 5.38. The Morgan fingerprint density at radius 2 is 1.90 bits per heavy atom. The van der Waals surface area contributed by atoms with Gasteiger partial charge in [0, 0.05) is 17.6 Å². The zero-order valence-corrected chi connectivity index (χ0v) is 14.4. The molecule has 0 aromatic heterocycles. The minimum Gasteiger partial charge on any atom is -0.493 e. The van der Waals surface area contributed by atoms with Crippen LogP contribution in [0, 0.1) is 6.92 Å². The first-order valence-electron chi connectivity index (χ1n) is 7.96. The van der Waals surface area contributed by atoms with E-state index in [4.69, 9.17) is 4.74 Å². The first kappa shape index (κ1) is 18.0. The van der Waals surface area contributed by atoms with Gasteiger partial charge in [-0.05, 0) is 59.7 Å². The Balaban J connectivity index is 2.79. The van der Waals surface area contributed by atoms with Crippen LogP contribution in [0.2, 0.25) is 0 Å². The minimum atomic E-state index is -0.483. The van der Waals surface area contributed by atoms with Gasteiger partial charge in [-0.25, -0.2) is 0 Å². The van der Waals surface area contributed by atoms with Crippen LogP contribution in [0.4, 0.5) is 0 Å². The van der Waals surface area contributed by atoms with Gasteiger partial charge in [0.15, 0.2) is 0 Å². The van der Waals surface area contributed by atoms with E-state index in [0.29, 0.717) is 13.0 Å². The Hall–Kier alpha value is -1.06. The topological polar surface area (TPSA) is 32.7 Å². The number of benzene rings is 1. The van der Waals surface area contributed by atoms with E-state index in [2.05, 4.69) is 32.6 Å². The van der Waals surface area contributed by atoms with E-state index in [1.54, 1.807) is 0 Å². The third-order valence-electron chi connectivity index (χ3n) is 3.83. The summed E-state index contributed by atoms with van der Waals surface area (Å²) in [4.78, 5) is 2.38. The molecule has 0 aliphatic heterocycles. The number of hydrogen-bond acceptors (Lipinski definition) is 3. The summed E-state index contributed by atoms with van der Waals surface area (Å²) in [5.74, 6) is 0.800. The van der Waals surface area contributed by atoms with Crippen LogP contribution in [0.1, 0.15) is 58.3 Å². The van der Waals surface area contributed by atoms with Gasteiger partial charge >= 0.3 is 0 Å². The van der Waals surface area contributed by atoms with Crippen molar-refractivity contribution in [3.05, 3.63) is 29.3 Å². The van der Waals surface area contributed by atoms with Crippen molar-refractivity contribution in [1.29, 1.82) is 0 Å². The van der Waals surface area contributed by atoms with Crippen LogP contribution in [0.15, 0.2) is 18.2 Å². The molecule has 0 bridgehead atoms. The van der Waals surface area contributed by atoms with Gasteiger partial charge in [0.25, 0.3) is 0 Å². The Labute approximate surface area is 129 Å². The number of nitrogens with zero attached hydrogens (tertiary/aromatic N) is 1. The fraction of sp³-hybridized carbons (Fsp3) is 0.667. The van der Waals surface area contributed by atoms with Crippen molar-refractivity contribution >= 4 is 0 Å². The molecule has 1 N–H and O–H groups in total. The fourth-order valence-corrected chi connectivity index (χ4v) is 2.62. The van der Waals surface area contributed by atoms with E-state index < -0.39 is 6.10 Å². The molecule has 1 unspecified atom stereocenters. The summed E-state index contributed by atoms with van der Waals surface area (Å²) in [6, 6.07) is 6.01. The SMILES string of the molecule is CCOc1ccc(C)cc1C(O)CCN(CC)C(C)(C)C. The van der Waals surface area contributed by atoms with Crippen molar-refractivity contribution in [2.75, 3.05) is 19.7 Å². The molecule has 1 aromatic carbocycles. The predicted molar refractivity (Wildman–Crippen MR) is 88.9 cm³/mol. The molecular weight excluding hydrogens is 262 g/mol. The lowest BCUT2D eigenvalue weighted by atomic mass is 10.0. The van der Waals surface area contributed by atoms with Crippen LogP contribution in [0.25, 0.3) is 0 Å². The first-order valence-corrected chi connectivity index (χ1v) is 7.96. The lowest BCUT2D eigenvalue weighted by Crippen LogP contribution is -2.42. The van der Waals surface area contributed by atoms with Gasteiger partial charge in [0.2, 0.25) is 0 Å². The number of aliphatic hydroxyl groups excluding tert-OH is 1. The quantitative estimate of drug-likeness (QED) is 0.826. The molecule has 0 fully saturated rings. The van der Waals surface area contributed by atoms with Crippen LogP contribution < -0.4 is 4.74 Å². The minimum absolute atomic E-state index is 0.129. The molecule has 1 rings (SSSR count). The maximum absolute atomic E-state index is 10.6. The van der Waals surface area contributed by atoms with Gasteiger partial charge in [0.05, 0.1) is 12.7 Å². The number of ether oxygens (including phenoxy) is 1. The van der Waals surface area contributed by atoms with Crippen LogP contribution in [0.5, 0.6) is 5.75 Å². The Morgan fingerprint density at radius 3 is 2.43 bits per heavy atom. The molecule has 0 heterocycles. The summed E-state index contributed by atoms with van der Waals surface area (Å²) >= 11 is 0. The van der Waals surface area contributed by atoms with Crippen molar-refractivity contribution in [2.45, 2.75) is 59.6 Å². The third-order valence-corrected chi connectivity index (χ3v) is 3.83. The second-order valence-electron chi connectivity index (χ2n) is 6.53. The highest BCUT2D eigenvalue weighted by Gasteiger charge is 2.21. The molecule has 0 aliphatic rings. The molecule has 3 heteroatoms. The van der Waals surface area contributed by atoms with Crippen molar-refractivity contribution < 1.29 is 9.84 Å². The highest BCUT2D eigenvalue weighted by atomic mass is 16.5. The van der Waals surface area contributed by atoms with Crippen LogP contribution >= 0.6 is 0 Å². The van der Waals surface area contributed by atoms with Gasteiger partial charge in [-0.3, -0.25) is 4.90 Å². The zero-order chi connectivity index (χ0) is 16.0. The Morgan fingerprint density at radius 1 is 1.24 bits per heavy atom. The monoisotopic (exact) mass is 293 g/mol. The average molecular weight is 293 g/mol. The average Bonchev–Trinajstić information content (AvgIpc) is 2.40. The van der Waals surface area contributed by atoms with Crippen LogP contribution in [-0.4, -0.2) is 35.2 Å². The number of aliphatic hydroxyl groups is 1. The molecule has 120 valence electrons. The molecule has 0 aliphatic carbocycles. The lowest BCUT2D eigenvalue weighted by molar-refractivity contribution is 0.0981. The second-order valence-corrected chi connectivity index (χ2v) is 6.53. The molecule has 0 saturated heterocycles. The Bertz CT molecular complexity index is 437. The second kappa shape index (κ2) is 7.81. The summed E-state index contributed by atoms with van der Waals surface area (Å²) in [5.41, 5.74) is 2.18. The van der Waals surface area contributed by atoms with Gasteiger partial charge in [-0.1, -0.05) is 18.6 Å². The smallest absolute Gasteiger partial charge is 0.125 e. The summed E-state index contributed by atoms with van der Waals surface area (Å²) < 4.78 is 5.64. The summed E-state index contributed by atoms with van der Waals surface area (Å²) in [5, 5.41) is 10.6. The molecule has 1 aromatic rings.